The van der Waals surface area contributed by atoms with E-state index < -0.39 is 11.6 Å². The number of pyridine rings is 1. The number of hydrogen-bond acceptors (Lipinski definition) is 5. The number of rotatable bonds is 8. The number of nitrogens with zero attached hydrogens (tertiary/aromatic N) is 1. The Kier molecular flexibility index (Phi) is 6.98. The summed E-state index contributed by atoms with van der Waals surface area (Å²) in [5.74, 6) is 0.00665. The van der Waals surface area contributed by atoms with Crippen LogP contribution in [0.4, 0.5) is 0 Å². The first-order valence-corrected chi connectivity index (χ1v) is 9.67. The number of carbonyl (C=O) groups is 2. The highest BCUT2D eigenvalue weighted by atomic mass is 32.2. The molecule has 0 amide bonds. The average molecular weight is 372 g/mol. The van der Waals surface area contributed by atoms with Crippen molar-refractivity contribution >= 4 is 23.5 Å². The topological polar surface area (TPSA) is 56.3 Å². The van der Waals surface area contributed by atoms with Gasteiger partial charge < -0.3 is 4.74 Å². The third-order valence-electron chi connectivity index (χ3n) is 3.72. The molecule has 0 aliphatic rings. The zero-order valence-corrected chi connectivity index (χ0v) is 16.6. The van der Waals surface area contributed by atoms with Gasteiger partial charge in [-0.2, -0.15) is 0 Å². The second kappa shape index (κ2) is 8.99. The molecule has 0 spiro atoms. The summed E-state index contributed by atoms with van der Waals surface area (Å²) >= 11 is 1.55. The summed E-state index contributed by atoms with van der Waals surface area (Å²) in [6, 6.07) is 11.8. The van der Waals surface area contributed by atoms with Crippen molar-refractivity contribution in [3.63, 3.8) is 0 Å². The fourth-order valence-corrected chi connectivity index (χ4v) is 3.58. The Morgan fingerprint density at radius 3 is 2.54 bits per heavy atom. The number of ketones is 1. The standard InChI is InChI=1S/C21H25NO3S/c1-5-26-18-11-15(2)14-22-20(18)17(23)12-19(24)25-21(3,4)13-16-9-7-6-8-10-16/h6-11,14H,5,12-13H2,1-4H3. The van der Waals surface area contributed by atoms with Crippen molar-refractivity contribution in [1.29, 1.82) is 0 Å². The van der Waals surface area contributed by atoms with Crippen LogP contribution in [-0.4, -0.2) is 28.1 Å². The van der Waals surface area contributed by atoms with Gasteiger partial charge in [-0.1, -0.05) is 37.3 Å². The first-order valence-electron chi connectivity index (χ1n) is 8.69. The van der Waals surface area contributed by atoms with E-state index in [2.05, 4.69) is 4.98 Å². The zero-order chi connectivity index (χ0) is 19.2. The SMILES string of the molecule is CCSc1cc(C)cnc1C(=O)CC(=O)OC(C)(C)Cc1ccccc1. The van der Waals surface area contributed by atoms with Gasteiger partial charge in [0.05, 0.1) is 0 Å². The van der Waals surface area contributed by atoms with Gasteiger partial charge in [-0.15, -0.1) is 11.8 Å². The number of Topliss-reactive ketones (excluding diaryl/α,β-unsaturated/α-hetero) is 1. The molecular formula is C21H25NO3S. The summed E-state index contributed by atoms with van der Waals surface area (Å²) in [5, 5.41) is 0. The summed E-state index contributed by atoms with van der Waals surface area (Å²) in [4.78, 5) is 29.9. The highest BCUT2D eigenvalue weighted by Gasteiger charge is 2.26. The van der Waals surface area contributed by atoms with Gasteiger partial charge in [0.1, 0.15) is 17.7 Å². The molecule has 0 radical (unpaired) electrons. The lowest BCUT2D eigenvalue weighted by molar-refractivity contribution is -0.155. The number of aryl methyl sites for hydroxylation is 1. The van der Waals surface area contributed by atoms with Crippen molar-refractivity contribution < 1.29 is 14.3 Å². The van der Waals surface area contributed by atoms with Crippen molar-refractivity contribution in [2.75, 3.05) is 5.75 Å². The van der Waals surface area contributed by atoms with E-state index in [4.69, 9.17) is 4.74 Å². The predicted octanol–water partition coefficient (Wildman–Crippen LogP) is 4.64. The van der Waals surface area contributed by atoms with Gasteiger partial charge in [-0.25, -0.2) is 0 Å². The quantitative estimate of drug-likeness (QED) is 0.293. The second-order valence-corrected chi connectivity index (χ2v) is 8.09. The summed E-state index contributed by atoms with van der Waals surface area (Å²) < 4.78 is 5.56. The molecule has 26 heavy (non-hydrogen) atoms. The minimum atomic E-state index is -0.680. The predicted molar refractivity (Wildman–Crippen MR) is 105 cm³/mol. The lowest BCUT2D eigenvalue weighted by atomic mass is 9.98. The minimum absolute atomic E-state index is 0.300. The van der Waals surface area contributed by atoms with Crippen molar-refractivity contribution in [3.8, 4) is 0 Å². The Morgan fingerprint density at radius 2 is 1.88 bits per heavy atom. The number of esters is 1. The highest BCUT2D eigenvalue weighted by Crippen LogP contribution is 2.24. The van der Waals surface area contributed by atoms with E-state index in [1.54, 1.807) is 18.0 Å². The molecular weight excluding hydrogens is 346 g/mol. The van der Waals surface area contributed by atoms with Gasteiger partial charge in [0.25, 0.3) is 0 Å². The van der Waals surface area contributed by atoms with Crippen LogP contribution in [0.1, 0.15) is 48.8 Å². The van der Waals surface area contributed by atoms with Crippen molar-refractivity contribution in [1.82, 2.24) is 4.98 Å². The third kappa shape index (κ3) is 5.99. The van der Waals surface area contributed by atoms with Crippen LogP contribution in [0.15, 0.2) is 47.5 Å². The van der Waals surface area contributed by atoms with E-state index in [0.29, 0.717) is 12.1 Å². The lowest BCUT2D eigenvalue weighted by Gasteiger charge is -2.25. The van der Waals surface area contributed by atoms with Gasteiger partial charge in [0, 0.05) is 17.5 Å². The third-order valence-corrected chi connectivity index (χ3v) is 4.63. The molecule has 5 heteroatoms. The van der Waals surface area contributed by atoms with E-state index in [1.807, 2.05) is 64.1 Å². The molecule has 0 unspecified atom stereocenters. The number of thioether (sulfide) groups is 1. The van der Waals surface area contributed by atoms with Crippen LogP contribution in [0, 0.1) is 6.92 Å². The molecule has 0 fully saturated rings. The molecule has 2 aromatic rings. The number of hydrogen-bond donors (Lipinski definition) is 0. The Labute approximate surface area is 159 Å². The fraction of sp³-hybridized carbons (Fsp3) is 0.381. The maximum absolute atomic E-state index is 12.5. The van der Waals surface area contributed by atoms with E-state index in [9.17, 15) is 9.59 Å². The van der Waals surface area contributed by atoms with Gasteiger partial charge in [-0.05, 0) is 43.7 Å². The number of carbonyl (C=O) groups excluding carboxylic acids is 2. The largest absolute Gasteiger partial charge is 0.459 e. The van der Waals surface area contributed by atoms with E-state index >= 15 is 0 Å². The second-order valence-electron chi connectivity index (χ2n) is 6.79. The number of ether oxygens (including phenoxy) is 1. The number of benzene rings is 1. The Balaban J connectivity index is 2.02. The van der Waals surface area contributed by atoms with Gasteiger partial charge in [0.2, 0.25) is 0 Å². The molecule has 2 rings (SSSR count). The molecule has 0 atom stereocenters. The number of aromatic nitrogens is 1. The summed E-state index contributed by atoms with van der Waals surface area (Å²) in [7, 11) is 0. The molecule has 1 aromatic heterocycles. The van der Waals surface area contributed by atoms with Gasteiger partial charge >= 0.3 is 5.97 Å². The molecule has 1 heterocycles. The van der Waals surface area contributed by atoms with Crippen molar-refractivity contribution in [3.05, 3.63) is 59.4 Å². The molecule has 1 aromatic carbocycles. The van der Waals surface area contributed by atoms with Crippen LogP contribution in [0.2, 0.25) is 0 Å². The summed E-state index contributed by atoms with van der Waals surface area (Å²) in [5.41, 5.74) is 1.74. The molecule has 0 N–H and O–H groups in total. The Morgan fingerprint density at radius 1 is 1.19 bits per heavy atom. The molecule has 0 saturated carbocycles. The smallest absolute Gasteiger partial charge is 0.314 e. The minimum Gasteiger partial charge on any atom is -0.459 e. The Hall–Kier alpha value is -2.14. The first kappa shape index (κ1) is 20.2. The maximum Gasteiger partial charge on any atom is 0.314 e. The van der Waals surface area contributed by atoms with Gasteiger partial charge in [-0.3, -0.25) is 14.6 Å². The fourth-order valence-electron chi connectivity index (χ4n) is 2.70. The first-order chi connectivity index (χ1) is 12.3. The van der Waals surface area contributed by atoms with Crippen LogP contribution in [0.5, 0.6) is 0 Å². The monoisotopic (exact) mass is 371 g/mol. The van der Waals surface area contributed by atoms with Crippen molar-refractivity contribution in [2.24, 2.45) is 0 Å². The zero-order valence-electron chi connectivity index (χ0n) is 15.7. The molecule has 0 bridgehead atoms. The molecule has 0 aliphatic carbocycles. The van der Waals surface area contributed by atoms with E-state index in [1.165, 1.54) is 0 Å². The highest BCUT2D eigenvalue weighted by molar-refractivity contribution is 7.99. The van der Waals surface area contributed by atoms with Crippen molar-refractivity contribution in [2.45, 2.75) is 51.0 Å². The van der Waals surface area contributed by atoms with Crippen LogP contribution >= 0.6 is 11.8 Å². The van der Waals surface area contributed by atoms with E-state index in [0.717, 1.165) is 21.8 Å². The molecule has 4 nitrogen and oxygen atoms in total. The maximum atomic E-state index is 12.5. The van der Waals surface area contributed by atoms with Crippen LogP contribution in [-0.2, 0) is 16.0 Å². The molecule has 138 valence electrons. The Bertz CT molecular complexity index is 772. The lowest BCUT2D eigenvalue weighted by Crippen LogP contribution is -2.31. The molecule has 0 aliphatic heterocycles. The summed E-state index contributed by atoms with van der Waals surface area (Å²) in [6.45, 7) is 7.65. The molecule has 0 saturated heterocycles. The summed E-state index contributed by atoms with van der Waals surface area (Å²) in [6.07, 6.45) is 1.94. The van der Waals surface area contributed by atoms with E-state index in [-0.39, 0.29) is 12.2 Å². The van der Waals surface area contributed by atoms with Gasteiger partial charge in [0.15, 0.2) is 5.78 Å². The van der Waals surface area contributed by atoms with Crippen LogP contribution in [0.25, 0.3) is 0 Å². The van der Waals surface area contributed by atoms with Crippen LogP contribution < -0.4 is 0 Å². The van der Waals surface area contributed by atoms with Crippen LogP contribution in [0.3, 0.4) is 0 Å². The average Bonchev–Trinajstić information content (AvgIpc) is 2.54. The normalized spacial score (nSPS) is 11.2.